The Kier molecular flexibility index (Phi) is 4.60. The van der Waals surface area contributed by atoms with Gasteiger partial charge in [-0.25, -0.2) is 4.79 Å². The molecule has 0 aromatic heterocycles. The van der Waals surface area contributed by atoms with Crippen LogP contribution in [0.3, 0.4) is 0 Å². The molecule has 0 fully saturated rings. The van der Waals surface area contributed by atoms with Crippen molar-refractivity contribution in [2.24, 2.45) is 0 Å². The standard InChI is InChI=1S/C18H15NO3/c1-12-7-8-14(11-13(12)2)9-10-17(20)19-16-6-4-3-5-15(16)18(21)22/h3-8,11H,1-2H3,(H,19,20)(H,21,22). The number of carbonyl (C=O) groups is 2. The van der Waals surface area contributed by atoms with E-state index in [1.807, 2.05) is 32.0 Å². The minimum absolute atomic E-state index is 0.0313. The maximum atomic E-state index is 11.8. The van der Waals surface area contributed by atoms with Gasteiger partial charge in [0.2, 0.25) is 0 Å². The molecule has 0 atom stereocenters. The smallest absolute Gasteiger partial charge is 0.337 e. The van der Waals surface area contributed by atoms with Crippen molar-refractivity contribution in [1.29, 1.82) is 0 Å². The number of hydrogen-bond donors (Lipinski definition) is 2. The van der Waals surface area contributed by atoms with Crippen LogP contribution in [0, 0.1) is 25.7 Å². The summed E-state index contributed by atoms with van der Waals surface area (Å²) in [5.74, 6) is 3.59. The van der Waals surface area contributed by atoms with Gasteiger partial charge >= 0.3 is 11.9 Å². The van der Waals surface area contributed by atoms with Gasteiger partial charge in [0, 0.05) is 11.5 Å². The molecule has 0 saturated heterocycles. The van der Waals surface area contributed by atoms with Crippen LogP contribution >= 0.6 is 0 Å². The third-order valence-electron chi connectivity index (χ3n) is 3.23. The summed E-state index contributed by atoms with van der Waals surface area (Å²) >= 11 is 0. The average molecular weight is 293 g/mol. The molecule has 0 bridgehead atoms. The van der Waals surface area contributed by atoms with Crippen molar-refractivity contribution >= 4 is 17.6 Å². The summed E-state index contributed by atoms with van der Waals surface area (Å²) in [6, 6.07) is 11.9. The van der Waals surface area contributed by atoms with Gasteiger partial charge in [0.1, 0.15) is 0 Å². The number of anilines is 1. The molecule has 0 aliphatic rings. The molecule has 2 aromatic rings. The Hall–Kier alpha value is -3.06. The zero-order valence-corrected chi connectivity index (χ0v) is 12.3. The predicted octanol–water partition coefficient (Wildman–Crippen LogP) is 2.99. The number of carboxylic acid groups (broad SMARTS) is 1. The molecule has 0 aliphatic carbocycles. The minimum atomic E-state index is -1.10. The molecule has 110 valence electrons. The predicted molar refractivity (Wildman–Crippen MR) is 84.8 cm³/mol. The lowest BCUT2D eigenvalue weighted by atomic mass is 10.1. The summed E-state index contributed by atoms with van der Waals surface area (Å²) in [6.07, 6.45) is 0. The Balaban J connectivity index is 2.16. The van der Waals surface area contributed by atoms with Gasteiger partial charge in [-0.05, 0) is 49.2 Å². The number of benzene rings is 2. The van der Waals surface area contributed by atoms with Crippen LogP contribution in [0.2, 0.25) is 0 Å². The lowest BCUT2D eigenvalue weighted by Crippen LogP contribution is -2.12. The zero-order valence-electron chi connectivity index (χ0n) is 12.3. The van der Waals surface area contributed by atoms with Gasteiger partial charge in [0.15, 0.2) is 0 Å². The van der Waals surface area contributed by atoms with E-state index < -0.39 is 11.9 Å². The quantitative estimate of drug-likeness (QED) is 0.836. The van der Waals surface area contributed by atoms with Gasteiger partial charge in [0.25, 0.3) is 0 Å². The number of aryl methyl sites for hydroxylation is 2. The van der Waals surface area contributed by atoms with Crippen LogP contribution in [-0.2, 0) is 4.79 Å². The van der Waals surface area contributed by atoms with Crippen LogP contribution in [0.15, 0.2) is 42.5 Å². The molecule has 1 amide bonds. The van der Waals surface area contributed by atoms with Crippen LogP contribution in [0.4, 0.5) is 5.69 Å². The summed E-state index contributed by atoms with van der Waals surface area (Å²) in [6.45, 7) is 3.98. The highest BCUT2D eigenvalue weighted by Gasteiger charge is 2.10. The first-order valence-electron chi connectivity index (χ1n) is 6.70. The first-order chi connectivity index (χ1) is 10.5. The molecule has 2 N–H and O–H groups in total. The van der Waals surface area contributed by atoms with E-state index in [1.54, 1.807) is 12.1 Å². The molecule has 4 heteroatoms. The molecule has 22 heavy (non-hydrogen) atoms. The van der Waals surface area contributed by atoms with Crippen molar-refractivity contribution in [3.05, 3.63) is 64.7 Å². The van der Waals surface area contributed by atoms with E-state index in [1.165, 1.54) is 12.1 Å². The fraction of sp³-hybridized carbons (Fsp3) is 0.111. The number of aromatic carboxylic acids is 1. The lowest BCUT2D eigenvalue weighted by Gasteiger charge is -2.04. The Morgan fingerprint density at radius 2 is 1.77 bits per heavy atom. The zero-order chi connectivity index (χ0) is 16.1. The first-order valence-corrected chi connectivity index (χ1v) is 6.70. The van der Waals surface area contributed by atoms with Crippen LogP contribution in [0.25, 0.3) is 0 Å². The van der Waals surface area contributed by atoms with Gasteiger partial charge in [-0.3, -0.25) is 4.79 Å². The maximum Gasteiger partial charge on any atom is 0.337 e. The normalized spacial score (nSPS) is 9.55. The highest BCUT2D eigenvalue weighted by molar-refractivity contribution is 6.07. The Labute approximate surface area is 128 Å². The highest BCUT2D eigenvalue weighted by atomic mass is 16.4. The Morgan fingerprint density at radius 1 is 1.05 bits per heavy atom. The Morgan fingerprint density at radius 3 is 2.45 bits per heavy atom. The number of carboxylic acids is 1. The van der Waals surface area contributed by atoms with Crippen molar-refractivity contribution in [1.82, 2.24) is 0 Å². The van der Waals surface area contributed by atoms with E-state index in [0.717, 1.165) is 16.7 Å². The van der Waals surface area contributed by atoms with Gasteiger partial charge in [0.05, 0.1) is 11.3 Å². The number of para-hydroxylation sites is 1. The van der Waals surface area contributed by atoms with Crippen LogP contribution in [-0.4, -0.2) is 17.0 Å². The number of carbonyl (C=O) groups excluding carboxylic acids is 1. The number of nitrogens with one attached hydrogen (secondary N) is 1. The number of hydrogen-bond acceptors (Lipinski definition) is 2. The third-order valence-corrected chi connectivity index (χ3v) is 3.23. The van der Waals surface area contributed by atoms with Crippen molar-refractivity contribution in [2.45, 2.75) is 13.8 Å². The molecule has 4 nitrogen and oxygen atoms in total. The molecule has 0 aliphatic heterocycles. The first kappa shape index (κ1) is 15.3. The second kappa shape index (κ2) is 6.59. The van der Waals surface area contributed by atoms with Crippen LogP contribution in [0.5, 0.6) is 0 Å². The summed E-state index contributed by atoms with van der Waals surface area (Å²) in [5.41, 5.74) is 3.26. The molecule has 0 unspecified atom stereocenters. The molecule has 0 heterocycles. The maximum absolute atomic E-state index is 11.8. The van der Waals surface area contributed by atoms with Gasteiger partial charge in [-0.15, -0.1) is 0 Å². The number of amides is 1. The van der Waals surface area contributed by atoms with E-state index in [9.17, 15) is 9.59 Å². The van der Waals surface area contributed by atoms with E-state index in [4.69, 9.17) is 5.11 Å². The minimum Gasteiger partial charge on any atom is -0.478 e. The highest BCUT2D eigenvalue weighted by Crippen LogP contribution is 2.14. The monoisotopic (exact) mass is 293 g/mol. The van der Waals surface area contributed by atoms with Crippen molar-refractivity contribution in [3.63, 3.8) is 0 Å². The van der Waals surface area contributed by atoms with Gasteiger partial charge < -0.3 is 10.4 Å². The largest absolute Gasteiger partial charge is 0.478 e. The van der Waals surface area contributed by atoms with Crippen molar-refractivity contribution < 1.29 is 14.7 Å². The van der Waals surface area contributed by atoms with Crippen molar-refractivity contribution in [3.8, 4) is 11.8 Å². The van der Waals surface area contributed by atoms with Crippen molar-refractivity contribution in [2.75, 3.05) is 5.32 Å². The van der Waals surface area contributed by atoms with Gasteiger partial charge in [-0.1, -0.05) is 24.1 Å². The van der Waals surface area contributed by atoms with Crippen LogP contribution < -0.4 is 5.32 Å². The van der Waals surface area contributed by atoms with Crippen LogP contribution in [0.1, 0.15) is 27.0 Å². The summed E-state index contributed by atoms with van der Waals surface area (Å²) in [7, 11) is 0. The average Bonchev–Trinajstić information content (AvgIpc) is 2.49. The summed E-state index contributed by atoms with van der Waals surface area (Å²) < 4.78 is 0. The molecule has 2 aromatic carbocycles. The van der Waals surface area contributed by atoms with E-state index in [-0.39, 0.29) is 11.3 Å². The molecule has 0 saturated carbocycles. The fourth-order valence-corrected chi connectivity index (χ4v) is 1.88. The SMILES string of the molecule is Cc1ccc(C#CC(=O)Nc2ccccc2C(=O)O)cc1C. The molecule has 0 spiro atoms. The molecular weight excluding hydrogens is 278 g/mol. The second-order valence-corrected chi connectivity index (χ2v) is 4.85. The molecular formula is C18H15NO3. The summed E-state index contributed by atoms with van der Waals surface area (Å²) in [4.78, 5) is 22.9. The van der Waals surface area contributed by atoms with E-state index >= 15 is 0 Å². The van der Waals surface area contributed by atoms with Gasteiger partial charge in [-0.2, -0.15) is 0 Å². The summed E-state index contributed by atoms with van der Waals surface area (Å²) in [5, 5.41) is 11.6. The molecule has 2 rings (SSSR count). The second-order valence-electron chi connectivity index (χ2n) is 4.85. The lowest BCUT2D eigenvalue weighted by molar-refractivity contribution is -0.111. The van der Waals surface area contributed by atoms with E-state index in [0.29, 0.717) is 0 Å². The van der Waals surface area contributed by atoms with E-state index in [2.05, 4.69) is 17.2 Å². The Bertz CT molecular complexity index is 797. The third kappa shape index (κ3) is 3.74. The molecule has 0 radical (unpaired) electrons. The number of rotatable bonds is 2. The topological polar surface area (TPSA) is 66.4 Å². The fourth-order valence-electron chi connectivity index (χ4n) is 1.88.